The number of thioether (sulfide) groups is 1. The van der Waals surface area contributed by atoms with Crippen molar-refractivity contribution in [3.63, 3.8) is 0 Å². The van der Waals surface area contributed by atoms with E-state index < -0.39 is 9.84 Å². The summed E-state index contributed by atoms with van der Waals surface area (Å²) in [5.74, 6) is 0.149. The van der Waals surface area contributed by atoms with Crippen LogP contribution in [0.4, 0.5) is 5.69 Å². The highest BCUT2D eigenvalue weighted by Crippen LogP contribution is 2.34. The van der Waals surface area contributed by atoms with Crippen molar-refractivity contribution in [3.05, 3.63) is 65.7 Å². The molecule has 6 nitrogen and oxygen atoms in total. The van der Waals surface area contributed by atoms with Gasteiger partial charge in [0.2, 0.25) is 0 Å². The molecule has 2 heterocycles. The highest BCUT2D eigenvalue weighted by atomic mass is 32.2. The van der Waals surface area contributed by atoms with Crippen molar-refractivity contribution in [3.8, 4) is 0 Å². The number of benzene rings is 2. The molecule has 2 aliphatic rings. The fourth-order valence-corrected chi connectivity index (χ4v) is 7.06. The molecule has 1 fully saturated rings. The van der Waals surface area contributed by atoms with E-state index >= 15 is 0 Å². The van der Waals surface area contributed by atoms with Crippen LogP contribution in [0.15, 0.2) is 59.6 Å². The summed E-state index contributed by atoms with van der Waals surface area (Å²) < 4.78 is 23.3. The summed E-state index contributed by atoms with van der Waals surface area (Å²) in [5, 5.41) is 6.92. The van der Waals surface area contributed by atoms with E-state index in [4.69, 9.17) is 0 Å². The Morgan fingerprint density at radius 3 is 2.68 bits per heavy atom. The van der Waals surface area contributed by atoms with Crippen LogP contribution in [0.5, 0.6) is 0 Å². The van der Waals surface area contributed by atoms with E-state index in [1.807, 2.05) is 49.4 Å². The molecule has 2 aliphatic heterocycles. The van der Waals surface area contributed by atoms with Crippen LogP contribution in [0.3, 0.4) is 0 Å². The lowest BCUT2D eigenvalue weighted by molar-refractivity contribution is 0.0940. The van der Waals surface area contributed by atoms with Crippen LogP contribution in [-0.2, 0) is 9.84 Å². The molecule has 2 aromatic carbocycles. The Balaban J connectivity index is 1.41. The lowest BCUT2D eigenvalue weighted by Crippen LogP contribution is -2.26. The number of hydrogen-bond acceptors (Lipinski definition) is 6. The molecule has 0 aromatic heterocycles. The van der Waals surface area contributed by atoms with Gasteiger partial charge in [-0.1, -0.05) is 48.2 Å². The van der Waals surface area contributed by atoms with Crippen LogP contribution >= 0.6 is 11.8 Å². The van der Waals surface area contributed by atoms with Gasteiger partial charge in [0.15, 0.2) is 15.0 Å². The molecule has 1 amide bonds. The van der Waals surface area contributed by atoms with Crippen molar-refractivity contribution in [1.82, 2.24) is 5.32 Å². The van der Waals surface area contributed by atoms with Crippen molar-refractivity contribution in [1.29, 1.82) is 0 Å². The normalized spacial score (nSPS) is 23.5. The van der Waals surface area contributed by atoms with Gasteiger partial charge in [-0.25, -0.2) is 8.42 Å². The molecular formula is C20H21N3O3S2. The third-order valence-corrected chi connectivity index (χ3v) is 7.98. The molecule has 0 aliphatic carbocycles. The largest absolute Gasteiger partial charge is 0.346 e. The van der Waals surface area contributed by atoms with Gasteiger partial charge >= 0.3 is 0 Å². The zero-order chi connectivity index (χ0) is 19.7. The van der Waals surface area contributed by atoms with Gasteiger partial charge in [-0.2, -0.15) is 0 Å². The molecule has 0 bridgehead atoms. The van der Waals surface area contributed by atoms with E-state index in [0.29, 0.717) is 10.7 Å². The number of nitrogens with zero attached hydrogens (tertiary/aromatic N) is 1. The predicted molar refractivity (Wildman–Crippen MR) is 114 cm³/mol. The summed E-state index contributed by atoms with van der Waals surface area (Å²) in [5.41, 5.74) is 2.36. The molecule has 8 heteroatoms. The number of carbonyl (C=O) groups excluding carboxylic acids is 1. The van der Waals surface area contributed by atoms with Crippen LogP contribution in [0.1, 0.15) is 28.9 Å². The van der Waals surface area contributed by atoms with Gasteiger partial charge in [0.05, 0.1) is 23.6 Å². The number of carbonyl (C=O) groups is 1. The number of nitrogens with one attached hydrogen (secondary N) is 2. The summed E-state index contributed by atoms with van der Waals surface area (Å²) >= 11 is 1.46. The van der Waals surface area contributed by atoms with Crippen molar-refractivity contribution in [2.75, 3.05) is 16.8 Å². The fraction of sp³-hybridized carbons (Fsp3) is 0.300. The SMILES string of the molecule is C[C@H](NC(=O)c1cccc(NC2=N[C@H]3CS(=O)(=O)C[C@@H]3S2)c1)c1ccccc1. The average Bonchev–Trinajstić information content (AvgIpc) is 3.15. The minimum absolute atomic E-state index is 0.00861. The molecule has 0 unspecified atom stereocenters. The number of amides is 1. The quantitative estimate of drug-likeness (QED) is 0.802. The van der Waals surface area contributed by atoms with E-state index in [-0.39, 0.29) is 34.7 Å². The first-order chi connectivity index (χ1) is 13.4. The maximum atomic E-state index is 12.6. The number of aliphatic imine (C=N–C) groups is 1. The highest BCUT2D eigenvalue weighted by molar-refractivity contribution is 8.15. The van der Waals surface area contributed by atoms with Crippen molar-refractivity contribution >= 4 is 38.4 Å². The Kier molecular flexibility index (Phi) is 5.16. The first-order valence-electron chi connectivity index (χ1n) is 9.07. The number of rotatable bonds is 4. The van der Waals surface area contributed by atoms with Crippen LogP contribution in [0.25, 0.3) is 0 Å². The molecule has 1 saturated heterocycles. The maximum absolute atomic E-state index is 12.6. The minimum atomic E-state index is -2.96. The highest BCUT2D eigenvalue weighted by Gasteiger charge is 2.42. The molecule has 2 N–H and O–H groups in total. The predicted octanol–water partition coefficient (Wildman–Crippen LogP) is 2.86. The molecule has 0 saturated carbocycles. The fourth-order valence-electron chi connectivity index (χ4n) is 3.38. The van der Waals surface area contributed by atoms with Crippen molar-refractivity contribution in [2.24, 2.45) is 4.99 Å². The number of sulfone groups is 1. The van der Waals surface area contributed by atoms with Crippen LogP contribution < -0.4 is 10.6 Å². The Morgan fingerprint density at radius 1 is 1.14 bits per heavy atom. The van der Waals surface area contributed by atoms with Gasteiger partial charge < -0.3 is 10.6 Å². The Morgan fingerprint density at radius 2 is 1.93 bits per heavy atom. The van der Waals surface area contributed by atoms with Gasteiger partial charge in [-0.15, -0.1) is 0 Å². The van der Waals surface area contributed by atoms with Crippen LogP contribution in [0, 0.1) is 0 Å². The zero-order valence-corrected chi connectivity index (χ0v) is 17.0. The second-order valence-corrected chi connectivity index (χ2v) is 10.4. The number of hydrogen-bond donors (Lipinski definition) is 2. The van der Waals surface area contributed by atoms with E-state index in [1.165, 1.54) is 11.8 Å². The third kappa shape index (κ3) is 4.23. The van der Waals surface area contributed by atoms with Crippen molar-refractivity contribution < 1.29 is 13.2 Å². The van der Waals surface area contributed by atoms with Gasteiger partial charge in [0, 0.05) is 16.5 Å². The summed E-state index contributed by atoms with van der Waals surface area (Å²) in [4.78, 5) is 17.1. The number of fused-ring (bicyclic) bond motifs is 1. The van der Waals surface area contributed by atoms with Crippen LogP contribution in [-0.4, -0.2) is 42.3 Å². The number of anilines is 1. The zero-order valence-electron chi connectivity index (χ0n) is 15.3. The molecule has 2 aromatic rings. The van der Waals surface area contributed by atoms with Crippen LogP contribution in [0.2, 0.25) is 0 Å². The average molecular weight is 416 g/mol. The monoisotopic (exact) mass is 415 g/mol. The summed E-state index contributed by atoms with van der Waals surface area (Å²) in [6.45, 7) is 1.95. The molecule has 0 radical (unpaired) electrons. The van der Waals surface area contributed by atoms with E-state index in [1.54, 1.807) is 12.1 Å². The van der Waals surface area contributed by atoms with Crippen molar-refractivity contribution in [2.45, 2.75) is 24.3 Å². The van der Waals surface area contributed by atoms with Gasteiger partial charge in [0.25, 0.3) is 5.91 Å². The molecule has 0 spiro atoms. The topological polar surface area (TPSA) is 87.6 Å². The van der Waals surface area contributed by atoms with Gasteiger partial charge in [-0.05, 0) is 30.7 Å². The van der Waals surface area contributed by atoms with E-state index in [2.05, 4.69) is 15.6 Å². The Hall–Kier alpha value is -2.32. The molecule has 4 rings (SSSR count). The standard InChI is InChI=1S/C20H21N3O3S2/c1-13(14-6-3-2-4-7-14)21-19(24)15-8-5-9-16(10-15)22-20-23-17-11-28(25,26)12-18(17)27-20/h2-10,13,17-18H,11-12H2,1H3,(H,21,24)(H,22,23)/t13-,17-,18-/m0/s1. The molecule has 28 heavy (non-hydrogen) atoms. The summed E-state index contributed by atoms with van der Waals surface area (Å²) in [6.07, 6.45) is 0. The van der Waals surface area contributed by atoms with Gasteiger partial charge in [0.1, 0.15) is 0 Å². The maximum Gasteiger partial charge on any atom is 0.251 e. The first-order valence-corrected chi connectivity index (χ1v) is 11.8. The third-order valence-electron chi connectivity index (χ3n) is 4.84. The molecular weight excluding hydrogens is 394 g/mol. The Bertz CT molecular complexity index is 1020. The molecule has 146 valence electrons. The molecule has 3 atom stereocenters. The lowest BCUT2D eigenvalue weighted by atomic mass is 10.1. The first kappa shape index (κ1) is 19.0. The second kappa shape index (κ2) is 7.60. The second-order valence-electron chi connectivity index (χ2n) is 7.05. The lowest BCUT2D eigenvalue weighted by Gasteiger charge is -2.15. The summed E-state index contributed by atoms with van der Waals surface area (Å²) in [7, 11) is -2.96. The smallest absolute Gasteiger partial charge is 0.251 e. The summed E-state index contributed by atoms with van der Waals surface area (Å²) in [6, 6.07) is 16.8. The van der Waals surface area contributed by atoms with E-state index in [9.17, 15) is 13.2 Å². The number of amidine groups is 1. The van der Waals surface area contributed by atoms with Gasteiger partial charge in [-0.3, -0.25) is 9.79 Å². The minimum Gasteiger partial charge on any atom is -0.346 e. The van der Waals surface area contributed by atoms with E-state index in [0.717, 1.165) is 11.3 Å². The Labute approximate surface area is 168 Å².